The van der Waals surface area contributed by atoms with Gasteiger partial charge in [0.25, 0.3) is 0 Å². The Labute approximate surface area is 142 Å². The van der Waals surface area contributed by atoms with Crippen LogP contribution >= 0.6 is 22.7 Å². The average Bonchev–Trinajstić information content (AvgIpc) is 3.33. The minimum atomic E-state index is 0.0247. The highest BCUT2D eigenvalue weighted by atomic mass is 32.1. The number of nitrogens with zero attached hydrogens (tertiary/aromatic N) is 1. The van der Waals surface area contributed by atoms with Crippen LogP contribution in [0.4, 0.5) is 0 Å². The Hall–Kier alpha value is -2.11. The molecule has 0 radical (unpaired) electrons. The van der Waals surface area contributed by atoms with Gasteiger partial charge in [-0.25, -0.2) is 0 Å². The summed E-state index contributed by atoms with van der Waals surface area (Å²) in [5.74, 6) is 0.718. The van der Waals surface area contributed by atoms with Crippen molar-refractivity contribution < 1.29 is 9.21 Å². The third kappa shape index (κ3) is 2.78. The van der Waals surface area contributed by atoms with E-state index in [1.807, 2.05) is 23.1 Å². The predicted molar refractivity (Wildman–Crippen MR) is 93.6 cm³/mol. The molecule has 1 atom stereocenters. The Morgan fingerprint density at radius 1 is 1.22 bits per heavy atom. The van der Waals surface area contributed by atoms with Gasteiger partial charge in [-0.15, -0.1) is 22.7 Å². The van der Waals surface area contributed by atoms with Crippen LogP contribution in [-0.4, -0.2) is 17.4 Å². The molecule has 0 bridgehead atoms. The van der Waals surface area contributed by atoms with Crippen LogP contribution in [0.3, 0.4) is 0 Å². The minimum absolute atomic E-state index is 0.0247. The molecule has 116 valence electrons. The summed E-state index contributed by atoms with van der Waals surface area (Å²) < 4.78 is 5.26. The van der Waals surface area contributed by atoms with Crippen LogP contribution in [0.1, 0.15) is 27.1 Å². The van der Waals surface area contributed by atoms with E-state index in [1.54, 1.807) is 41.1 Å². The molecule has 23 heavy (non-hydrogen) atoms. The van der Waals surface area contributed by atoms with E-state index in [9.17, 15) is 4.79 Å². The molecule has 5 heteroatoms. The Balaban J connectivity index is 1.65. The van der Waals surface area contributed by atoms with E-state index >= 15 is 0 Å². The van der Waals surface area contributed by atoms with Crippen LogP contribution in [0.2, 0.25) is 0 Å². The molecule has 3 aromatic rings. The predicted octanol–water partition coefficient (Wildman–Crippen LogP) is 4.59. The first-order chi connectivity index (χ1) is 11.3. The van der Waals surface area contributed by atoms with Crippen LogP contribution < -0.4 is 0 Å². The number of hydrogen-bond donors (Lipinski definition) is 0. The van der Waals surface area contributed by atoms with Crippen LogP contribution in [0, 0.1) is 0 Å². The molecule has 0 N–H and O–H groups in total. The lowest BCUT2D eigenvalue weighted by Gasteiger charge is -2.34. The van der Waals surface area contributed by atoms with Gasteiger partial charge in [0.2, 0.25) is 5.91 Å². The summed E-state index contributed by atoms with van der Waals surface area (Å²) in [6.45, 7) is 0.747. The number of thiophene rings is 2. The average molecular weight is 341 g/mol. The second kappa shape index (κ2) is 6.18. The second-order valence-electron chi connectivity index (χ2n) is 5.35. The normalized spacial score (nSPS) is 17.6. The maximum atomic E-state index is 12.7. The van der Waals surface area contributed by atoms with E-state index in [2.05, 4.69) is 22.9 Å². The maximum Gasteiger partial charge on any atom is 0.247 e. The van der Waals surface area contributed by atoms with Crippen LogP contribution in [0.15, 0.2) is 57.8 Å². The van der Waals surface area contributed by atoms with E-state index in [-0.39, 0.29) is 11.9 Å². The zero-order valence-corrected chi connectivity index (χ0v) is 14.0. The summed E-state index contributed by atoms with van der Waals surface area (Å²) >= 11 is 3.49. The number of carbonyl (C=O) groups is 1. The summed E-state index contributed by atoms with van der Waals surface area (Å²) in [5, 5.41) is 4.19. The maximum absolute atomic E-state index is 12.7. The summed E-state index contributed by atoms with van der Waals surface area (Å²) in [6.07, 6.45) is 5.88. The van der Waals surface area contributed by atoms with Gasteiger partial charge in [0.05, 0.1) is 12.3 Å². The lowest BCUT2D eigenvalue weighted by Crippen LogP contribution is -2.38. The van der Waals surface area contributed by atoms with Gasteiger partial charge in [0.15, 0.2) is 0 Å². The minimum Gasteiger partial charge on any atom is -0.465 e. The van der Waals surface area contributed by atoms with E-state index in [4.69, 9.17) is 4.42 Å². The highest BCUT2D eigenvalue weighted by molar-refractivity contribution is 7.10. The summed E-state index contributed by atoms with van der Waals surface area (Å²) in [7, 11) is 0. The van der Waals surface area contributed by atoms with Crippen molar-refractivity contribution in [1.82, 2.24) is 4.90 Å². The number of fused-ring (bicyclic) bond motifs is 1. The Morgan fingerprint density at radius 3 is 2.96 bits per heavy atom. The molecule has 4 heterocycles. The fourth-order valence-electron chi connectivity index (χ4n) is 2.94. The molecule has 0 aromatic carbocycles. The first kappa shape index (κ1) is 14.5. The number of carbonyl (C=O) groups excluding carboxylic acids is 1. The molecule has 0 spiro atoms. The molecular formula is C18H15NO2S2. The van der Waals surface area contributed by atoms with E-state index in [0.717, 1.165) is 13.0 Å². The molecule has 1 aliphatic rings. The number of hydrogen-bond acceptors (Lipinski definition) is 4. The Bertz CT molecular complexity index is 815. The molecule has 3 nitrogen and oxygen atoms in total. The largest absolute Gasteiger partial charge is 0.465 e. The van der Waals surface area contributed by atoms with Gasteiger partial charge >= 0.3 is 0 Å². The summed E-state index contributed by atoms with van der Waals surface area (Å²) in [5.41, 5.74) is 1.27. The first-order valence-corrected chi connectivity index (χ1v) is 9.21. The molecule has 1 amide bonds. The topological polar surface area (TPSA) is 33.5 Å². The fraction of sp³-hybridized carbons (Fsp3) is 0.167. The van der Waals surface area contributed by atoms with Gasteiger partial charge in [-0.2, -0.15) is 0 Å². The van der Waals surface area contributed by atoms with Crippen molar-refractivity contribution >= 4 is 34.7 Å². The smallest absolute Gasteiger partial charge is 0.247 e. The summed E-state index contributed by atoms with van der Waals surface area (Å²) in [6, 6.07) is 9.99. The van der Waals surface area contributed by atoms with Crippen molar-refractivity contribution in [1.29, 1.82) is 0 Å². The Kier molecular flexibility index (Phi) is 3.89. The quantitative estimate of drug-likeness (QED) is 0.653. The van der Waals surface area contributed by atoms with Crippen molar-refractivity contribution in [2.24, 2.45) is 0 Å². The molecule has 1 unspecified atom stereocenters. The molecule has 0 fully saturated rings. The van der Waals surface area contributed by atoms with Gasteiger partial charge in [-0.3, -0.25) is 4.79 Å². The zero-order valence-electron chi connectivity index (χ0n) is 12.3. The zero-order chi connectivity index (χ0) is 15.6. The van der Waals surface area contributed by atoms with Crippen molar-refractivity contribution in [2.45, 2.75) is 12.5 Å². The van der Waals surface area contributed by atoms with Crippen molar-refractivity contribution in [2.75, 3.05) is 6.54 Å². The van der Waals surface area contributed by atoms with Crippen molar-refractivity contribution in [3.05, 3.63) is 74.5 Å². The van der Waals surface area contributed by atoms with Gasteiger partial charge in [0.1, 0.15) is 5.76 Å². The second-order valence-corrected chi connectivity index (χ2v) is 7.33. The van der Waals surface area contributed by atoms with Gasteiger partial charge in [-0.05, 0) is 53.1 Å². The third-order valence-corrected chi connectivity index (χ3v) is 5.92. The van der Waals surface area contributed by atoms with E-state index in [1.165, 1.54) is 15.3 Å². The van der Waals surface area contributed by atoms with Gasteiger partial charge < -0.3 is 9.32 Å². The van der Waals surface area contributed by atoms with E-state index < -0.39 is 0 Å². The van der Waals surface area contributed by atoms with Crippen LogP contribution in [0.25, 0.3) is 6.08 Å². The standard InChI is InChI=1S/C18H15NO2S2/c20-17(6-5-13-3-1-10-21-13)19-9-7-15-14(8-12-23-15)18(19)16-4-2-11-22-16/h1-6,8,10-12,18H,7,9H2. The number of rotatable bonds is 3. The third-order valence-electron chi connectivity index (χ3n) is 4.00. The summed E-state index contributed by atoms with van der Waals surface area (Å²) in [4.78, 5) is 17.3. The SMILES string of the molecule is O=C(C=Cc1ccco1)N1CCc2sccc2C1c1cccs1. The lowest BCUT2D eigenvalue weighted by molar-refractivity contribution is -0.127. The fourth-order valence-corrected chi connectivity index (χ4v) is 4.70. The number of furan rings is 1. The molecule has 0 aliphatic carbocycles. The van der Waals surface area contributed by atoms with E-state index in [0.29, 0.717) is 5.76 Å². The van der Waals surface area contributed by atoms with Gasteiger partial charge in [-0.1, -0.05) is 6.07 Å². The number of amides is 1. The highest BCUT2D eigenvalue weighted by Crippen LogP contribution is 2.39. The Morgan fingerprint density at radius 2 is 2.17 bits per heavy atom. The molecule has 3 aromatic heterocycles. The van der Waals surface area contributed by atoms with Crippen molar-refractivity contribution in [3.8, 4) is 0 Å². The lowest BCUT2D eigenvalue weighted by atomic mass is 9.98. The van der Waals surface area contributed by atoms with Gasteiger partial charge in [0, 0.05) is 22.4 Å². The molecule has 1 aliphatic heterocycles. The van der Waals surface area contributed by atoms with Crippen LogP contribution in [0.5, 0.6) is 0 Å². The molecule has 4 rings (SSSR count). The van der Waals surface area contributed by atoms with Crippen LogP contribution in [-0.2, 0) is 11.2 Å². The molecule has 0 saturated heterocycles. The van der Waals surface area contributed by atoms with Crippen molar-refractivity contribution in [3.63, 3.8) is 0 Å². The molecule has 0 saturated carbocycles. The highest BCUT2D eigenvalue weighted by Gasteiger charge is 2.32. The first-order valence-electron chi connectivity index (χ1n) is 7.45. The monoisotopic (exact) mass is 341 g/mol. The molecular weight excluding hydrogens is 326 g/mol.